The predicted molar refractivity (Wildman–Crippen MR) is 85.5 cm³/mol. The van der Waals surface area contributed by atoms with E-state index in [9.17, 15) is 8.42 Å². The zero-order valence-corrected chi connectivity index (χ0v) is 13.5. The maximum absolute atomic E-state index is 11.7. The van der Waals surface area contributed by atoms with E-state index in [2.05, 4.69) is 11.8 Å². The van der Waals surface area contributed by atoms with Gasteiger partial charge in [-0.05, 0) is 31.5 Å². The number of unbranched alkanes of at least 4 members (excludes halogenated alkanes) is 1. The van der Waals surface area contributed by atoms with E-state index in [0.717, 1.165) is 38.1 Å². The normalized spacial score (nSPS) is 20.8. The smallest absolute Gasteiger partial charge is 0.151 e. The lowest BCUT2D eigenvalue weighted by Gasteiger charge is -2.27. The van der Waals surface area contributed by atoms with Crippen LogP contribution < -0.4 is 4.74 Å². The first-order valence-electron chi connectivity index (χ1n) is 7.73. The molecule has 0 aromatic heterocycles. The average Bonchev–Trinajstić information content (AvgIpc) is 2.84. The molecule has 1 aliphatic rings. The van der Waals surface area contributed by atoms with Crippen LogP contribution in [0.3, 0.4) is 0 Å². The van der Waals surface area contributed by atoms with Crippen LogP contribution in [-0.4, -0.2) is 50.6 Å². The van der Waals surface area contributed by atoms with Crippen LogP contribution in [0.5, 0.6) is 5.75 Å². The lowest BCUT2D eigenvalue weighted by Crippen LogP contribution is -2.39. The first kappa shape index (κ1) is 16.3. The summed E-state index contributed by atoms with van der Waals surface area (Å²) < 4.78 is 29.1. The number of para-hydroxylation sites is 1. The van der Waals surface area contributed by atoms with Crippen molar-refractivity contribution in [3.8, 4) is 5.75 Å². The van der Waals surface area contributed by atoms with Crippen molar-refractivity contribution < 1.29 is 13.2 Å². The van der Waals surface area contributed by atoms with Crippen LogP contribution in [0.25, 0.3) is 0 Å². The minimum absolute atomic E-state index is 0.168. The fraction of sp³-hybridized carbons (Fsp3) is 0.625. The molecule has 5 heteroatoms. The standard InChI is InChI=1S/C16H25NO3S/c1-2-3-10-17(15-9-13-21(18,19)14-15)11-12-20-16-7-5-4-6-8-16/h4-8,15H,2-3,9-14H2,1H3. The second-order valence-electron chi connectivity index (χ2n) is 5.61. The highest BCUT2D eigenvalue weighted by Gasteiger charge is 2.31. The van der Waals surface area contributed by atoms with Gasteiger partial charge in [-0.1, -0.05) is 31.5 Å². The van der Waals surface area contributed by atoms with Crippen LogP contribution in [0.15, 0.2) is 30.3 Å². The van der Waals surface area contributed by atoms with Gasteiger partial charge in [-0.3, -0.25) is 4.90 Å². The molecule has 1 fully saturated rings. The van der Waals surface area contributed by atoms with Crippen LogP contribution in [0, 0.1) is 0 Å². The summed E-state index contributed by atoms with van der Waals surface area (Å²) in [5.74, 6) is 1.51. The maximum atomic E-state index is 11.7. The van der Waals surface area contributed by atoms with Crippen molar-refractivity contribution in [1.29, 1.82) is 0 Å². The summed E-state index contributed by atoms with van der Waals surface area (Å²) >= 11 is 0. The Morgan fingerprint density at radius 3 is 2.62 bits per heavy atom. The van der Waals surface area contributed by atoms with Gasteiger partial charge in [0.1, 0.15) is 12.4 Å². The van der Waals surface area contributed by atoms with Gasteiger partial charge < -0.3 is 4.74 Å². The topological polar surface area (TPSA) is 46.6 Å². The third-order valence-corrected chi connectivity index (χ3v) is 5.66. The number of hydrogen-bond donors (Lipinski definition) is 0. The summed E-state index contributed by atoms with van der Waals surface area (Å²) in [6, 6.07) is 9.92. The van der Waals surface area contributed by atoms with Gasteiger partial charge in [0.05, 0.1) is 11.5 Å². The van der Waals surface area contributed by atoms with Gasteiger partial charge in [0.25, 0.3) is 0 Å². The van der Waals surface area contributed by atoms with Crippen molar-refractivity contribution in [3.63, 3.8) is 0 Å². The minimum atomic E-state index is -2.83. The number of sulfone groups is 1. The van der Waals surface area contributed by atoms with E-state index in [1.165, 1.54) is 0 Å². The van der Waals surface area contributed by atoms with Crippen LogP contribution in [0.2, 0.25) is 0 Å². The third-order valence-electron chi connectivity index (χ3n) is 3.91. The fourth-order valence-corrected chi connectivity index (χ4v) is 4.46. The van der Waals surface area contributed by atoms with Crippen molar-refractivity contribution in [2.75, 3.05) is 31.2 Å². The molecule has 1 unspecified atom stereocenters. The van der Waals surface area contributed by atoms with Gasteiger partial charge in [0, 0.05) is 12.6 Å². The summed E-state index contributed by atoms with van der Waals surface area (Å²) in [6.45, 7) is 4.50. The molecular weight excluding hydrogens is 286 g/mol. The van der Waals surface area contributed by atoms with Gasteiger partial charge in [-0.2, -0.15) is 0 Å². The molecule has 0 amide bonds. The van der Waals surface area contributed by atoms with E-state index >= 15 is 0 Å². The Morgan fingerprint density at radius 1 is 1.24 bits per heavy atom. The van der Waals surface area contributed by atoms with E-state index < -0.39 is 9.84 Å². The van der Waals surface area contributed by atoms with Crippen LogP contribution in [0.1, 0.15) is 26.2 Å². The Kier molecular flexibility index (Phi) is 6.06. The minimum Gasteiger partial charge on any atom is -0.492 e. The molecule has 1 atom stereocenters. The Morgan fingerprint density at radius 2 is 2.00 bits per heavy atom. The fourth-order valence-electron chi connectivity index (χ4n) is 2.70. The molecule has 0 N–H and O–H groups in total. The van der Waals surface area contributed by atoms with Gasteiger partial charge >= 0.3 is 0 Å². The van der Waals surface area contributed by atoms with E-state index in [0.29, 0.717) is 18.1 Å². The SMILES string of the molecule is CCCCN(CCOc1ccccc1)C1CCS(=O)(=O)C1. The molecule has 1 aromatic carbocycles. The van der Waals surface area contributed by atoms with Crippen molar-refractivity contribution >= 4 is 9.84 Å². The molecule has 0 bridgehead atoms. The maximum Gasteiger partial charge on any atom is 0.151 e. The molecule has 0 saturated carbocycles. The number of ether oxygens (including phenoxy) is 1. The highest BCUT2D eigenvalue weighted by molar-refractivity contribution is 7.91. The lowest BCUT2D eigenvalue weighted by molar-refractivity contribution is 0.168. The second-order valence-corrected chi connectivity index (χ2v) is 7.84. The first-order chi connectivity index (χ1) is 10.1. The van der Waals surface area contributed by atoms with Gasteiger partial charge in [-0.15, -0.1) is 0 Å². The molecule has 21 heavy (non-hydrogen) atoms. The summed E-state index contributed by atoms with van der Waals surface area (Å²) in [5.41, 5.74) is 0. The number of hydrogen-bond acceptors (Lipinski definition) is 4. The zero-order valence-electron chi connectivity index (χ0n) is 12.7. The van der Waals surface area contributed by atoms with E-state index in [-0.39, 0.29) is 6.04 Å². The highest BCUT2D eigenvalue weighted by atomic mass is 32.2. The van der Waals surface area contributed by atoms with E-state index in [1.807, 2.05) is 30.3 Å². The van der Waals surface area contributed by atoms with Crippen molar-refractivity contribution in [1.82, 2.24) is 4.90 Å². The van der Waals surface area contributed by atoms with Crippen LogP contribution in [-0.2, 0) is 9.84 Å². The quantitative estimate of drug-likeness (QED) is 0.739. The molecule has 1 saturated heterocycles. The van der Waals surface area contributed by atoms with Gasteiger partial charge in [0.15, 0.2) is 9.84 Å². The van der Waals surface area contributed by atoms with E-state index in [4.69, 9.17) is 4.74 Å². The first-order valence-corrected chi connectivity index (χ1v) is 9.55. The summed E-state index contributed by atoms with van der Waals surface area (Å²) in [5, 5.41) is 0. The van der Waals surface area contributed by atoms with Gasteiger partial charge in [-0.25, -0.2) is 8.42 Å². The molecule has 0 aliphatic carbocycles. The number of benzene rings is 1. The Labute approximate surface area is 128 Å². The molecule has 1 aromatic rings. The third kappa shape index (κ3) is 5.32. The van der Waals surface area contributed by atoms with Crippen molar-refractivity contribution in [2.45, 2.75) is 32.2 Å². The Balaban J connectivity index is 1.85. The number of nitrogens with zero attached hydrogens (tertiary/aromatic N) is 1. The molecule has 2 rings (SSSR count). The van der Waals surface area contributed by atoms with Gasteiger partial charge in [0.2, 0.25) is 0 Å². The monoisotopic (exact) mass is 311 g/mol. The summed E-state index contributed by atoms with van der Waals surface area (Å²) in [7, 11) is -2.83. The molecule has 4 nitrogen and oxygen atoms in total. The zero-order chi connectivity index (χ0) is 15.1. The molecule has 118 valence electrons. The van der Waals surface area contributed by atoms with E-state index in [1.54, 1.807) is 0 Å². The molecule has 0 radical (unpaired) electrons. The summed E-state index contributed by atoms with van der Waals surface area (Å²) in [4.78, 5) is 2.29. The Hall–Kier alpha value is -1.07. The van der Waals surface area contributed by atoms with Crippen LogP contribution in [0.4, 0.5) is 0 Å². The summed E-state index contributed by atoms with van der Waals surface area (Å²) in [6.07, 6.45) is 2.98. The Bertz CT molecular complexity index is 516. The highest BCUT2D eigenvalue weighted by Crippen LogP contribution is 2.18. The predicted octanol–water partition coefficient (Wildman–Crippen LogP) is 2.35. The lowest BCUT2D eigenvalue weighted by atomic mass is 10.2. The largest absolute Gasteiger partial charge is 0.492 e. The average molecular weight is 311 g/mol. The molecule has 1 aliphatic heterocycles. The van der Waals surface area contributed by atoms with Crippen molar-refractivity contribution in [3.05, 3.63) is 30.3 Å². The molecular formula is C16H25NO3S. The van der Waals surface area contributed by atoms with Crippen LogP contribution >= 0.6 is 0 Å². The number of rotatable bonds is 8. The molecule has 1 heterocycles. The molecule has 0 spiro atoms. The second kappa shape index (κ2) is 7.80. The van der Waals surface area contributed by atoms with Crippen molar-refractivity contribution in [2.24, 2.45) is 0 Å².